The second-order valence-corrected chi connectivity index (χ2v) is 8.10. The Kier molecular flexibility index (Phi) is 7.81. The van der Waals surface area contributed by atoms with Crippen LogP contribution in [-0.4, -0.2) is 33.2 Å². The van der Waals surface area contributed by atoms with Crippen molar-refractivity contribution in [2.24, 2.45) is 0 Å². The van der Waals surface area contributed by atoms with Gasteiger partial charge >= 0.3 is 0 Å². The fourth-order valence-corrected chi connectivity index (χ4v) is 2.72. The number of halogens is 1. The molecular weight excluding hydrogens is 340 g/mol. The molecule has 2 N–H and O–H groups in total. The lowest BCUT2D eigenvalue weighted by molar-refractivity contribution is -0.116. The van der Waals surface area contributed by atoms with Gasteiger partial charge in [-0.25, -0.2) is 13.1 Å². The third-order valence-corrected chi connectivity index (χ3v) is 5.27. The minimum atomic E-state index is -3.24. The standard InChI is InChI=1S/C15H23ClN2O4S/c1-11(2)23(20,21)17-9-5-4-6-15(19)18-13-10-12(16)7-8-14(13)22-3/h7-8,10-11,17H,4-6,9H2,1-3H3,(H,18,19). The van der Waals surface area contributed by atoms with Crippen LogP contribution >= 0.6 is 11.6 Å². The Morgan fingerprint density at radius 3 is 2.61 bits per heavy atom. The molecule has 130 valence electrons. The second-order valence-electron chi connectivity index (χ2n) is 5.34. The van der Waals surface area contributed by atoms with E-state index in [1.807, 2.05) is 0 Å². The first kappa shape index (κ1) is 19.7. The maximum absolute atomic E-state index is 11.9. The first-order chi connectivity index (χ1) is 10.8. The molecule has 0 bridgehead atoms. The smallest absolute Gasteiger partial charge is 0.224 e. The van der Waals surface area contributed by atoms with Crippen LogP contribution in [0, 0.1) is 0 Å². The van der Waals surface area contributed by atoms with Crippen molar-refractivity contribution in [2.75, 3.05) is 19.0 Å². The Morgan fingerprint density at radius 2 is 2.00 bits per heavy atom. The van der Waals surface area contributed by atoms with Crippen molar-refractivity contribution in [2.45, 2.75) is 38.4 Å². The number of amides is 1. The highest BCUT2D eigenvalue weighted by Crippen LogP contribution is 2.27. The van der Waals surface area contributed by atoms with E-state index < -0.39 is 15.3 Å². The van der Waals surface area contributed by atoms with E-state index in [0.717, 1.165) is 0 Å². The highest BCUT2D eigenvalue weighted by Gasteiger charge is 2.14. The Hall–Kier alpha value is -1.31. The summed E-state index contributed by atoms with van der Waals surface area (Å²) in [5.74, 6) is 0.365. The van der Waals surface area contributed by atoms with E-state index in [1.165, 1.54) is 7.11 Å². The number of methoxy groups -OCH3 is 1. The highest BCUT2D eigenvalue weighted by atomic mass is 35.5. The van der Waals surface area contributed by atoms with Crippen LogP contribution in [0.4, 0.5) is 5.69 Å². The summed E-state index contributed by atoms with van der Waals surface area (Å²) in [6.45, 7) is 3.57. The number of anilines is 1. The molecule has 0 spiro atoms. The third-order valence-electron chi connectivity index (χ3n) is 3.19. The lowest BCUT2D eigenvalue weighted by Crippen LogP contribution is -2.31. The van der Waals surface area contributed by atoms with Crippen LogP contribution in [0.3, 0.4) is 0 Å². The number of hydrogen-bond donors (Lipinski definition) is 2. The Balaban J connectivity index is 2.37. The summed E-state index contributed by atoms with van der Waals surface area (Å²) in [5.41, 5.74) is 0.519. The van der Waals surface area contributed by atoms with Crippen LogP contribution in [0.1, 0.15) is 33.1 Å². The number of rotatable bonds is 9. The molecule has 1 aromatic carbocycles. The zero-order chi connectivity index (χ0) is 17.5. The SMILES string of the molecule is COc1ccc(Cl)cc1NC(=O)CCCCNS(=O)(=O)C(C)C. The van der Waals surface area contributed by atoms with Crippen molar-refractivity contribution in [1.82, 2.24) is 4.72 Å². The lowest BCUT2D eigenvalue weighted by Gasteiger charge is -2.11. The van der Waals surface area contributed by atoms with E-state index in [0.29, 0.717) is 42.3 Å². The van der Waals surface area contributed by atoms with Crippen LogP contribution in [0.15, 0.2) is 18.2 Å². The van der Waals surface area contributed by atoms with Gasteiger partial charge in [0.05, 0.1) is 18.0 Å². The summed E-state index contributed by atoms with van der Waals surface area (Å²) < 4.78 is 30.8. The number of carbonyl (C=O) groups is 1. The molecule has 0 unspecified atom stereocenters. The van der Waals surface area contributed by atoms with Crippen molar-refractivity contribution in [1.29, 1.82) is 0 Å². The van der Waals surface area contributed by atoms with Gasteiger partial charge in [-0.1, -0.05) is 11.6 Å². The van der Waals surface area contributed by atoms with Crippen LogP contribution in [0.2, 0.25) is 5.02 Å². The Morgan fingerprint density at radius 1 is 1.30 bits per heavy atom. The molecule has 1 amide bonds. The van der Waals surface area contributed by atoms with E-state index in [2.05, 4.69) is 10.0 Å². The van der Waals surface area contributed by atoms with Crippen molar-refractivity contribution in [3.8, 4) is 5.75 Å². The van der Waals surface area contributed by atoms with Crippen LogP contribution < -0.4 is 14.8 Å². The minimum Gasteiger partial charge on any atom is -0.495 e. The van der Waals surface area contributed by atoms with Gasteiger partial charge in [-0.3, -0.25) is 4.79 Å². The molecule has 0 aliphatic carbocycles. The van der Waals surface area contributed by atoms with E-state index in [9.17, 15) is 13.2 Å². The largest absolute Gasteiger partial charge is 0.495 e. The number of carbonyl (C=O) groups excluding carboxylic acids is 1. The average Bonchev–Trinajstić information content (AvgIpc) is 2.46. The van der Waals surface area contributed by atoms with Crippen molar-refractivity contribution >= 4 is 33.2 Å². The van der Waals surface area contributed by atoms with Gasteiger partial charge in [0.1, 0.15) is 5.75 Å². The minimum absolute atomic E-state index is 0.169. The van der Waals surface area contributed by atoms with Gasteiger partial charge in [0.2, 0.25) is 15.9 Å². The summed E-state index contributed by atoms with van der Waals surface area (Å²) in [5, 5.41) is 2.79. The normalized spacial score (nSPS) is 11.5. The van der Waals surface area contributed by atoms with Gasteiger partial charge in [-0.2, -0.15) is 0 Å². The topological polar surface area (TPSA) is 84.5 Å². The van der Waals surface area contributed by atoms with Crippen LogP contribution in [-0.2, 0) is 14.8 Å². The summed E-state index contributed by atoms with van der Waals surface area (Å²) in [6.07, 6.45) is 1.46. The number of benzene rings is 1. The van der Waals surface area contributed by atoms with Gasteiger partial charge < -0.3 is 10.1 Å². The summed E-state index contributed by atoms with van der Waals surface area (Å²) >= 11 is 5.90. The molecule has 1 aromatic rings. The van der Waals surface area contributed by atoms with Gasteiger partial charge in [0.15, 0.2) is 0 Å². The molecule has 8 heteroatoms. The molecule has 0 heterocycles. The van der Waals surface area contributed by atoms with Crippen LogP contribution in [0.5, 0.6) is 5.75 Å². The zero-order valence-corrected chi connectivity index (χ0v) is 15.1. The van der Waals surface area contributed by atoms with E-state index in [-0.39, 0.29) is 5.91 Å². The van der Waals surface area contributed by atoms with Gasteiger partial charge in [-0.15, -0.1) is 0 Å². The Labute approximate surface area is 142 Å². The highest BCUT2D eigenvalue weighted by molar-refractivity contribution is 7.90. The molecule has 0 saturated heterocycles. The van der Waals surface area contributed by atoms with Gasteiger partial charge in [-0.05, 0) is 44.9 Å². The van der Waals surface area contributed by atoms with Crippen molar-refractivity contribution < 1.29 is 17.9 Å². The molecule has 0 saturated carbocycles. The predicted octanol–water partition coefficient (Wildman–Crippen LogP) is 2.79. The molecule has 0 aliphatic heterocycles. The maximum Gasteiger partial charge on any atom is 0.224 e. The molecule has 6 nitrogen and oxygen atoms in total. The molecular formula is C15H23ClN2O4S. The zero-order valence-electron chi connectivity index (χ0n) is 13.6. The van der Waals surface area contributed by atoms with Crippen LogP contribution in [0.25, 0.3) is 0 Å². The van der Waals surface area contributed by atoms with E-state index in [4.69, 9.17) is 16.3 Å². The number of hydrogen-bond acceptors (Lipinski definition) is 4. The Bertz CT molecular complexity index is 632. The van der Waals surface area contributed by atoms with Crippen molar-refractivity contribution in [3.63, 3.8) is 0 Å². The molecule has 0 aromatic heterocycles. The summed E-state index contributed by atoms with van der Waals surface area (Å²) in [6, 6.07) is 4.98. The first-order valence-electron chi connectivity index (χ1n) is 7.38. The lowest BCUT2D eigenvalue weighted by atomic mass is 10.2. The molecule has 0 fully saturated rings. The van der Waals surface area contributed by atoms with Gasteiger partial charge in [0, 0.05) is 18.0 Å². The fraction of sp³-hybridized carbons (Fsp3) is 0.533. The number of unbranched alkanes of at least 4 members (excludes halogenated alkanes) is 1. The first-order valence-corrected chi connectivity index (χ1v) is 9.30. The molecule has 0 aliphatic rings. The van der Waals surface area contributed by atoms with Crippen molar-refractivity contribution in [3.05, 3.63) is 23.2 Å². The molecule has 1 rings (SSSR count). The molecule has 0 radical (unpaired) electrons. The third kappa shape index (κ3) is 6.76. The predicted molar refractivity (Wildman–Crippen MR) is 92.5 cm³/mol. The van der Waals surface area contributed by atoms with Gasteiger partial charge in [0.25, 0.3) is 0 Å². The fourth-order valence-electron chi connectivity index (χ4n) is 1.78. The number of nitrogens with one attached hydrogen (secondary N) is 2. The molecule has 0 atom stereocenters. The second kappa shape index (κ2) is 9.10. The number of ether oxygens (including phenoxy) is 1. The number of sulfonamides is 1. The average molecular weight is 363 g/mol. The summed E-state index contributed by atoms with van der Waals surface area (Å²) in [7, 11) is -1.73. The monoisotopic (exact) mass is 362 g/mol. The quantitative estimate of drug-likeness (QED) is 0.661. The summed E-state index contributed by atoms with van der Waals surface area (Å²) in [4.78, 5) is 11.9. The van der Waals surface area contributed by atoms with E-state index >= 15 is 0 Å². The molecule has 23 heavy (non-hydrogen) atoms. The van der Waals surface area contributed by atoms with E-state index in [1.54, 1.807) is 32.0 Å². The maximum atomic E-state index is 11.9.